The fraction of sp³-hybridized carbons (Fsp3) is 0.364. The highest BCUT2D eigenvalue weighted by atomic mass is 35.5. The third-order valence-electron chi connectivity index (χ3n) is 2.14. The number of carbonyl (C=O) groups excluding carboxylic acids is 1. The summed E-state index contributed by atoms with van der Waals surface area (Å²) < 4.78 is 13.1. The topological polar surface area (TPSA) is 49.3 Å². The van der Waals surface area contributed by atoms with Gasteiger partial charge >= 0.3 is 0 Å². The van der Waals surface area contributed by atoms with Gasteiger partial charge in [-0.2, -0.15) is 0 Å². The van der Waals surface area contributed by atoms with E-state index in [2.05, 4.69) is 5.32 Å². The molecule has 16 heavy (non-hydrogen) atoms. The van der Waals surface area contributed by atoms with Gasteiger partial charge in [-0.1, -0.05) is 11.6 Å². The molecule has 0 fully saturated rings. The Morgan fingerprint density at radius 3 is 2.81 bits per heavy atom. The highest BCUT2D eigenvalue weighted by Gasteiger charge is 2.14. The minimum absolute atomic E-state index is 0.0609. The van der Waals surface area contributed by atoms with E-state index in [1.807, 2.05) is 0 Å². The maximum Gasteiger partial charge on any atom is 0.253 e. The first-order valence-corrected chi connectivity index (χ1v) is 5.21. The van der Waals surface area contributed by atoms with E-state index in [9.17, 15) is 9.18 Å². The molecular formula is C11H13ClFNO2. The molecule has 0 aliphatic rings. The molecule has 0 radical (unpaired) electrons. The Hall–Kier alpha value is -1.13. The molecule has 0 heterocycles. The van der Waals surface area contributed by atoms with E-state index in [-0.39, 0.29) is 23.2 Å². The monoisotopic (exact) mass is 245 g/mol. The van der Waals surface area contributed by atoms with Crippen LogP contribution in [0.4, 0.5) is 4.39 Å². The molecule has 88 valence electrons. The Morgan fingerprint density at radius 2 is 2.25 bits per heavy atom. The van der Waals surface area contributed by atoms with Crippen LogP contribution < -0.4 is 5.32 Å². The average molecular weight is 246 g/mol. The van der Waals surface area contributed by atoms with Crippen LogP contribution in [0.15, 0.2) is 12.1 Å². The lowest BCUT2D eigenvalue weighted by molar-refractivity contribution is 0.0922. The van der Waals surface area contributed by atoms with Crippen LogP contribution in [-0.2, 0) is 0 Å². The number of nitrogens with one attached hydrogen (secondary N) is 1. The Morgan fingerprint density at radius 1 is 1.62 bits per heavy atom. The third kappa shape index (κ3) is 2.93. The summed E-state index contributed by atoms with van der Waals surface area (Å²) in [6.45, 7) is 3.05. The molecule has 2 N–H and O–H groups in total. The second kappa shape index (κ2) is 5.27. The van der Waals surface area contributed by atoms with Crippen LogP contribution in [0.2, 0.25) is 5.02 Å². The molecule has 0 aliphatic carbocycles. The molecule has 5 heteroatoms. The lowest BCUT2D eigenvalue weighted by Crippen LogP contribution is -2.35. The average Bonchev–Trinajstić information content (AvgIpc) is 2.23. The summed E-state index contributed by atoms with van der Waals surface area (Å²) in [5, 5.41) is 11.4. The van der Waals surface area contributed by atoms with Gasteiger partial charge in [-0.25, -0.2) is 4.39 Å². The number of aliphatic hydroxyl groups excluding tert-OH is 1. The first-order chi connectivity index (χ1) is 7.45. The van der Waals surface area contributed by atoms with E-state index in [0.29, 0.717) is 5.56 Å². The van der Waals surface area contributed by atoms with E-state index in [1.165, 1.54) is 6.07 Å². The third-order valence-corrected chi connectivity index (χ3v) is 2.46. The number of benzene rings is 1. The number of rotatable bonds is 3. The zero-order valence-electron chi connectivity index (χ0n) is 9.05. The lowest BCUT2D eigenvalue weighted by atomic mass is 10.1. The van der Waals surface area contributed by atoms with Crippen molar-refractivity contribution in [3.05, 3.63) is 34.1 Å². The number of carbonyl (C=O) groups is 1. The summed E-state index contributed by atoms with van der Waals surface area (Å²) >= 11 is 5.76. The Balaban J connectivity index is 2.96. The number of halogens is 2. The number of aryl methyl sites for hydroxylation is 1. The van der Waals surface area contributed by atoms with Crippen molar-refractivity contribution in [2.24, 2.45) is 0 Å². The smallest absolute Gasteiger partial charge is 0.253 e. The van der Waals surface area contributed by atoms with Gasteiger partial charge in [-0.15, -0.1) is 0 Å². The minimum Gasteiger partial charge on any atom is -0.394 e. The van der Waals surface area contributed by atoms with Crippen LogP contribution in [0.1, 0.15) is 22.8 Å². The molecule has 1 aromatic carbocycles. The van der Waals surface area contributed by atoms with Crippen molar-refractivity contribution in [3.8, 4) is 0 Å². The van der Waals surface area contributed by atoms with Crippen molar-refractivity contribution < 1.29 is 14.3 Å². The van der Waals surface area contributed by atoms with Gasteiger partial charge in [0.2, 0.25) is 0 Å². The molecule has 0 aromatic heterocycles. The molecule has 1 rings (SSSR count). The molecule has 0 aliphatic heterocycles. The molecule has 0 saturated carbocycles. The van der Waals surface area contributed by atoms with Gasteiger partial charge < -0.3 is 10.4 Å². The summed E-state index contributed by atoms with van der Waals surface area (Å²) in [6, 6.07) is 2.13. The van der Waals surface area contributed by atoms with Gasteiger partial charge in [0.05, 0.1) is 17.2 Å². The summed E-state index contributed by atoms with van der Waals surface area (Å²) in [6.07, 6.45) is 0. The van der Waals surface area contributed by atoms with Crippen LogP contribution in [0.5, 0.6) is 0 Å². The highest BCUT2D eigenvalue weighted by Crippen LogP contribution is 2.20. The van der Waals surface area contributed by atoms with Crippen LogP contribution in [-0.4, -0.2) is 23.7 Å². The van der Waals surface area contributed by atoms with Crippen molar-refractivity contribution in [3.63, 3.8) is 0 Å². The van der Waals surface area contributed by atoms with Gasteiger partial charge in [0.1, 0.15) is 5.82 Å². The molecule has 0 spiro atoms. The minimum atomic E-state index is -0.447. The SMILES string of the molecule is Cc1cc(C(=O)NC(C)CO)c(Cl)cc1F. The Bertz CT molecular complexity index is 409. The van der Waals surface area contributed by atoms with Crippen molar-refractivity contribution >= 4 is 17.5 Å². The summed E-state index contributed by atoms with van der Waals surface area (Å²) in [5.74, 6) is -0.869. The normalized spacial score (nSPS) is 12.3. The fourth-order valence-electron chi connectivity index (χ4n) is 1.18. The van der Waals surface area contributed by atoms with Gasteiger partial charge in [-0.3, -0.25) is 4.79 Å². The molecular weight excluding hydrogens is 233 g/mol. The molecule has 1 amide bonds. The molecule has 1 unspecified atom stereocenters. The predicted octanol–water partition coefficient (Wildman–Crippen LogP) is 1.90. The van der Waals surface area contributed by atoms with E-state index in [4.69, 9.17) is 16.7 Å². The summed E-state index contributed by atoms with van der Waals surface area (Å²) in [5.41, 5.74) is 0.562. The largest absolute Gasteiger partial charge is 0.394 e. The Labute approximate surface area is 98.2 Å². The number of hydrogen-bond acceptors (Lipinski definition) is 2. The highest BCUT2D eigenvalue weighted by molar-refractivity contribution is 6.33. The van der Waals surface area contributed by atoms with Crippen molar-refractivity contribution in [2.45, 2.75) is 19.9 Å². The van der Waals surface area contributed by atoms with E-state index in [1.54, 1.807) is 13.8 Å². The van der Waals surface area contributed by atoms with Crippen LogP contribution in [0.3, 0.4) is 0 Å². The lowest BCUT2D eigenvalue weighted by Gasteiger charge is -2.12. The molecule has 3 nitrogen and oxygen atoms in total. The van der Waals surface area contributed by atoms with Crippen LogP contribution >= 0.6 is 11.6 Å². The summed E-state index contributed by atoms with van der Waals surface area (Å²) in [4.78, 5) is 11.7. The molecule has 0 bridgehead atoms. The number of aliphatic hydroxyl groups is 1. The predicted molar refractivity (Wildman–Crippen MR) is 60.2 cm³/mol. The van der Waals surface area contributed by atoms with Crippen molar-refractivity contribution in [1.82, 2.24) is 5.32 Å². The van der Waals surface area contributed by atoms with Gasteiger partial charge in [-0.05, 0) is 31.5 Å². The molecule has 1 atom stereocenters. The Kier molecular flexibility index (Phi) is 4.26. The van der Waals surface area contributed by atoms with E-state index in [0.717, 1.165) is 6.07 Å². The second-order valence-electron chi connectivity index (χ2n) is 3.64. The maximum absolute atomic E-state index is 13.1. The standard InChI is InChI=1S/C11H13ClFNO2/c1-6-3-8(9(12)4-10(6)13)11(16)14-7(2)5-15/h3-4,7,15H,5H2,1-2H3,(H,14,16). The van der Waals surface area contributed by atoms with Crippen LogP contribution in [0, 0.1) is 12.7 Å². The van der Waals surface area contributed by atoms with Gasteiger partial charge in [0.25, 0.3) is 5.91 Å². The number of amides is 1. The van der Waals surface area contributed by atoms with Gasteiger partial charge in [0, 0.05) is 6.04 Å². The maximum atomic E-state index is 13.1. The zero-order chi connectivity index (χ0) is 12.3. The number of hydrogen-bond donors (Lipinski definition) is 2. The molecule has 0 saturated heterocycles. The van der Waals surface area contributed by atoms with Crippen molar-refractivity contribution in [2.75, 3.05) is 6.61 Å². The fourth-order valence-corrected chi connectivity index (χ4v) is 1.41. The zero-order valence-corrected chi connectivity index (χ0v) is 9.81. The van der Waals surface area contributed by atoms with E-state index < -0.39 is 11.7 Å². The van der Waals surface area contributed by atoms with Crippen molar-refractivity contribution in [1.29, 1.82) is 0 Å². The first kappa shape index (κ1) is 12.9. The van der Waals surface area contributed by atoms with Gasteiger partial charge in [0.15, 0.2) is 0 Å². The second-order valence-corrected chi connectivity index (χ2v) is 4.05. The van der Waals surface area contributed by atoms with E-state index >= 15 is 0 Å². The quantitative estimate of drug-likeness (QED) is 0.855. The first-order valence-electron chi connectivity index (χ1n) is 4.83. The summed E-state index contributed by atoms with van der Waals surface area (Å²) in [7, 11) is 0. The van der Waals surface area contributed by atoms with Crippen LogP contribution in [0.25, 0.3) is 0 Å². The molecule has 1 aromatic rings.